The highest BCUT2D eigenvalue weighted by Gasteiger charge is 2.11. The van der Waals surface area contributed by atoms with E-state index in [0.29, 0.717) is 25.8 Å². The molecule has 7 heteroatoms. The highest BCUT2D eigenvalue weighted by Crippen LogP contribution is 2.22. The van der Waals surface area contributed by atoms with Gasteiger partial charge in [0, 0.05) is 32.7 Å². The number of hydrogen-bond acceptors (Lipinski definition) is 3. The lowest BCUT2D eigenvalue weighted by molar-refractivity contribution is -0.116. The first-order valence-electron chi connectivity index (χ1n) is 9.01. The lowest BCUT2D eigenvalue weighted by Crippen LogP contribution is -2.36. The monoisotopic (exact) mass is 389 g/mol. The number of nitrogens with zero attached hydrogens (tertiary/aromatic N) is 1. The van der Waals surface area contributed by atoms with E-state index in [9.17, 15) is 13.2 Å². The van der Waals surface area contributed by atoms with Gasteiger partial charge in [-0.15, -0.1) is 0 Å². The lowest BCUT2D eigenvalue weighted by atomic mass is 10.1. The van der Waals surface area contributed by atoms with Gasteiger partial charge in [0.05, 0.1) is 0 Å². The molecule has 0 aliphatic carbocycles. The van der Waals surface area contributed by atoms with Crippen LogP contribution in [0.5, 0.6) is 0 Å². The highest BCUT2D eigenvalue weighted by molar-refractivity contribution is 7.87. The van der Waals surface area contributed by atoms with Crippen molar-refractivity contribution in [2.24, 2.45) is 0 Å². The predicted octanol–water partition coefficient (Wildman–Crippen LogP) is 3.25. The maximum atomic E-state index is 12.1. The SMILES string of the molecule is CN(C)S(=O)(=O)NCCCCCC(=O)Nc1cccc(-c2ccccc2)c1. The van der Waals surface area contributed by atoms with Crippen LogP contribution in [0.15, 0.2) is 54.6 Å². The summed E-state index contributed by atoms with van der Waals surface area (Å²) in [5.74, 6) is -0.0333. The molecule has 0 bridgehead atoms. The van der Waals surface area contributed by atoms with Gasteiger partial charge in [-0.05, 0) is 36.1 Å². The molecule has 146 valence electrons. The smallest absolute Gasteiger partial charge is 0.278 e. The van der Waals surface area contributed by atoms with E-state index in [2.05, 4.69) is 10.0 Å². The Balaban J connectivity index is 1.72. The third-order valence-corrected chi connectivity index (χ3v) is 5.63. The van der Waals surface area contributed by atoms with E-state index < -0.39 is 10.2 Å². The van der Waals surface area contributed by atoms with Crippen LogP contribution < -0.4 is 10.0 Å². The Kier molecular flexibility index (Phi) is 7.97. The molecule has 0 heterocycles. The van der Waals surface area contributed by atoms with Crippen molar-refractivity contribution in [2.45, 2.75) is 25.7 Å². The van der Waals surface area contributed by atoms with Crippen LogP contribution in [0.3, 0.4) is 0 Å². The average Bonchev–Trinajstić information content (AvgIpc) is 2.65. The molecule has 2 N–H and O–H groups in total. The summed E-state index contributed by atoms with van der Waals surface area (Å²) < 4.78 is 26.8. The van der Waals surface area contributed by atoms with Crippen LogP contribution >= 0.6 is 0 Å². The highest BCUT2D eigenvalue weighted by atomic mass is 32.2. The number of amides is 1. The Morgan fingerprint density at radius 1 is 0.926 bits per heavy atom. The van der Waals surface area contributed by atoms with Crippen molar-refractivity contribution in [2.75, 3.05) is 26.0 Å². The Morgan fingerprint density at radius 2 is 1.63 bits per heavy atom. The van der Waals surface area contributed by atoms with Crippen LogP contribution in [0.4, 0.5) is 5.69 Å². The summed E-state index contributed by atoms with van der Waals surface area (Å²) >= 11 is 0. The Bertz CT molecular complexity index is 837. The van der Waals surface area contributed by atoms with Crippen LogP contribution in [0.25, 0.3) is 11.1 Å². The van der Waals surface area contributed by atoms with Crippen molar-refractivity contribution in [1.82, 2.24) is 9.03 Å². The summed E-state index contributed by atoms with van der Waals surface area (Å²) in [6, 6.07) is 17.8. The van der Waals surface area contributed by atoms with Gasteiger partial charge in [0.1, 0.15) is 0 Å². The van der Waals surface area contributed by atoms with Gasteiger partial charge in [0.25, 0.3) is 10.2 Å². The van der Waals surface area contributed by atoms with Crippen molar-refractivity contribution in [1.29, 1.82) is 0 Å². The minimum atomic E-state index is -3.37. The predicted molar refractivity (Wildman–Crippen MR) is 110 cm³/mol. The topological polar surface area (TPSA) is 78.5 Å². The second-order valence-electron chi connectivity index (χ2n) is 6.49. The molecule has 2 rings (SSSR count). The summed E-state index contributed by atoms with van der Waals surface area (Å²) in [6.45, 7) is 0.376. The van der Waals surface area contributed by atoms with Crippen molar-refractivity contribution < 1.29 is 13.2 Å². The van der Waals surface area contributed by atoms with Gasteiger partial charge in [-0.1, -0.05) is 48.9 Å². The molecule has 27 heavy (non-hydrogen) atoms. The molecule has 0 radical (unpaired) electrons. The maximum absolute atomic E-state index is 12.1. The number of unbranched alkanes of at least 4 members (excludes halogenated alkanes) is 2. The Hall–Kier alpha value is -2.22. The molecule has 2 aromatic carbocycles. The number of carbonyl (C=O) groups excluding carboxylic acids is 1. The number of hydrogen-bond donors (Lipinski definition) is 2. The number of rotatable bonds is 10. The van der Waals surface area contributed by atoms with Crippen molar-refractivity contribution >= 4 is 21.8 Å². The van der Waals surface area contributed by atoms with Crippen LogP contribution in [0.1, 0.15) is 25.7 Å². The summed E-state index contributed by atoms with van der Waals surface area (Å²) in [6.07, 6.45) is 2.61. The van der Waals surface area contributed by atoms with Crippen molar-refractivity contribution in [3.05, 3.63) is 54.6 Å². The summed E-state index contributed by atoms with van der Waals surface area (Å²) in [4.78, 5) is 12.1. The number of nitrogens with one attached hydrogen (secondary N) is 2. The van der Waals surface area contributed by atoms with E-state index >= 15 is 0 Å². The van der Waals surface area contributed by atoms with Gasteiger partial charge in [0.2, 0.25) is 5.91 Å². The fraction of sp³-hybridized carbons (Fsp3) is 0.350. The van der Waals surface area contributed by atoms with Crippen LogP contribution in [-0.4, -0.2) is 39.3 Å². The zero-order valence-corrected chi connectivity index (χ0v) is 16.6. The maximum Gasteiger partial charge on any atom is 0.278 e. The van der Waals surface area contributed by atoms with Gasteiger partial charge in [-0.25, -0.2) is 4.72 Å². The summed E-state index contributed by atoms with van der Waals surface area (Å²) in [7, 11) is -0.394. The molecule has 0 spiro atoms. The lowest BCUT2D eigenvalue weighted by Gasteiger charge is -2.12. The van der Waals surface area contributed by atoms with Gasteiger partial charge >= 0.3 is 0 Å². The average molecular weight is 390 g/mol. The van der Waals surface area contributed by atoms with Crippen molar-refractivity contribution in [3.8, 4) is 11.1 Å². The molecule has 0 aromatic heterocycles. The largest absolute Gasteiger partial charge is 0.326 e. The van der Waals surface area contributed by atoms with E-state index in [1.807, 2.05) is 54.6 Å². The van der Waals surface area contributed by atoms with Gasteiger partial charge < -0.3 is 5.32 Å². The minimum absolute atomic E-state index is 0.0333. The molecule has 6 nitrogen and oxygen atoms in total. The van der Waals surface area contributed by atoms with E-state index in [1.165, 1.54) is 14.1 Å². The number of anilines is 1. The van der Waals surface area contributed by atoms with Gasteiger partial charge in [0.15, 0.2) is 0 Å². The molecule has 0 saturated carbocycles. The van der Waals surface area contributed by atoms with Crippen LogP contribution in [0, 0.1) is 0 Å². The second kappa shape index (κ2) is 10.2. The number of benzene rings is 2. The normalized spacial score (nSPS) is 11.5. The van der Waals surface area contributed by atoms with E-state index in [1.54, 1.807) is 0 Å². The Morgan fingerprint density at radius 3 is 2.33 bits per heavy atom. The molecule has 0 saturated heterocycles. The second-order valence-corrected chi connectivity index (χ2v) is 8.46. The Labute approximate surface area is 161 Å². The molecular formula is C20H27N3O3S. The standard InChI is InChI=1S/C20H27N3O3S/c1-23(2)27(25,26)21-15-8-4-7-14-20(24)22-19-13-9-12-18(16-19)17-10-5-3-6-11-17/h3,5-6,9-13,16,21H,4,7-8,14-15H2,1-2H3,(H,22,24). The third kappa shape index (κ3) is 7.13. The zero-order chi connectivity index (χ0) is 19.7. The quantitative estimate of drug-likeness (QED) is 0.612. The molecule has 1 amide bonds. The summed E-state index contributed by atoms with van der Waals surface area (Å²) in [5, 5.41) is 2.93. The van der Waals surface area contributed by atoms with Crippen molar-refractivity contribution in [3.63, 3.8) is 0 Å². The first-order valence-corrected chi connectivity index (χ1v) is 10.4. The number of carbonyl (C=O) groups is 1. The molecular weight excluding hydrogens is 362 g/mol. The molecule has 0 fully saturated rings. The van der Waals surface area contributed by atoms with E-state index in [0.717, 1.165) is 27.5 Å². The van der Waals surface area contributed by atoms with Gasteiger partial charge in [-0.2, -0.15) is 12.7 Å². The van der Waals surface area contributed by atoms with E-state index in [4.69, 9.17) is 0 Å². The minimum Gasteiger partial charge on any atom is -0.326 e. The fourth-order valence-corrected chi connectivity index (χ4v) is 3.21. The fourth-order valence-electron chi connectivity index (χ4n) is 2.55. The first-order chi connectivity index (χ1) is 12.9. The molecule has 0 unspecified atom stereocenters. The molecule has 2 aromatic rings. The third-order valence-electron chi connectivity index (χ3n) is 4.10. The molecule has 0 atom stereocenters. The summed E-state index contributed by atoms with van der Waals surface area (Å²) in [5.41, 5.74) is 2.94. The van der Waals surface area contributed by atoms with Crippen LogP contribution in [0.2, 0.25) is 0 Å². The molecule has 0 aliphatic rings. The van der Waals surface area contributed by atoms with Crippen LogP contribution in [-0.2, 0) is 15.0 Å². The van der Waals surface area contributed by atoms with E-state index in [-0.39, 0.29) is 5.91 Å². The zero-order valence-electron chi connectivity index (χ0n) is 15.8. The first kappa shape index (κ1) is 21.1. The van der Waals surface area contributed by atoms with Gasteiger partial charge in [-0.3, -0.25) is 4.79 Å². The molecule has 0 aliphatic heterocycles.